The average Bonchev–Trinajstić information content (AvgIpc) is 2.84. The molecule has 5 atom stereocenters. The van der Waals surface area contributed by atoms with Crippen LogP contribution >= 0.6 is 7.60 Å². The van der Waals surface area contributed by atoms with Crippen LogP contribution in [0.3, 0.4) is 0 Å². The van der Waals surface area contributed by atoms with E-state index >= 15 is 0 Å². The Morgan fingerprint density at radius 3 is 2.65 bits per heavy atom. The fourth-order valence-electron chi connectivity index (χ4n) is 2.91. The number of ether oxygens (including phenoxy) is 2. The molecule has 2 aliphatic heterocycles. The number of rotatable bonds is 6. The second-order valence-corrected chi connectivity index (χ2v) is 9.07. The minimum Gasteiger partial charge on any atom is -0.376 e. The van der Waals surface area contributed by atoms with Crippen molar-refractivity contribution >= 4 is 21.4 Å². The lowest BCUT2D eigenvalue weighted by molar-refractivity contribution is -0.123. The van der Waals surface area contributed by atoms with Gasteiger partial charge in [-0.25, -0.2) is 0 Å². The molecule has 4 N–H and O–H groups in total. The highest BCUT2D eigenvalue weighted by Gasteiger charge is 2.65. The number of nitrogens with one attached hydrogen (secondary N) is 1. The monoisotopic (exact) mass is 345 g/mol. The molecule has 10 heteroatoms. The first-order valence-electron chi connectivity index (χ1n) is 7.67. The largest absolute Gasteiger partial charge is 0.376 e. The Kier molecular flexibility index (Phi) is 5.19. The van der Waals surface area contributed by atoms with Gasteiger partial charge in [0.05, 0.1) is 31.0 Å². The van der Waals surface area contributed by atoms with Gasteiger partial charge in [0, 0.05) is 6.00 Å². The van der Waals surface area contributed by atoms with E-state index in [-0.39, 0.29) is 25.2 Å². The lowest BCUT2D eigenvalue weighted by Crippen LogP contribution is -2.53. The van der Waals surface area contributed by atoms with Gasteiger partial charge in [-0.15, -0.1) is 0 Å². The Labute approximate surface area is 138 Å². The molecule has 0 spiro atoms. The third kappa shape index (κ3) is 3.44. The quantitative estimate of drug-likeness (QED) is 0.273. The van der Waals surface area contributed by atoms with Crippen molar-refractivity contribution in [2.45, 2.75) is 63.2 Å². The van der Waals surface area contributed by atoms with Gasteiger partial charge in [-0.1, -0.05) is 13.8 Å². The van der Waals surface area contributed by atoms with Gasteiger partial charge in [0.15, 0.2) is 5.96 Å². The first-order chi connectivity index (χ1) is 10.5. The molecule has 23 heavy (non-hydrogen) atoms. The molecule has 2 bridgehead atoms. The van der Waals surface area contributed by atoms with E-state index in [1.807, 2.05) is 13.8 Å². The Morgan fingerprint density at radius 2 is 2.17 bits per heavy atom. The second kappa shape index (κ2) is 6.37. The third-order valence-electron chi connectivity index (χ3n) is 4.22. The summed E-state index contributed by atoms with van der Waals surface area (Å²) in [6, 6.07) is -1.37. The molecular formula is C13H25BN3O5P. The molecule has 2 heterocycles. The molecule has 2 fully saturated rings. The van der Waals surface area contributed by atoms with Crippen molar-refractivity contribution in [1.82, 2.24) is 4.90 Å². The molecule has 2 unspecified atom stereocenters. The van der Waals surface area contributed by atoms with Crippen molar-refractivity contribution in [3.8, 4) is 0 Å². The molecule has 0 aromatic heterocycles. The minimum absolute atomic E-state index is 0.0543. The zero-order chi connectivity index (χ0) is 17.6. The summed E-state index contributed by atoms with van der Waals surface area (Å²) in [5.74, 6) is -0.175. The van der Waals surface area contributed by atoms with E-state index in [0.29, 0.717) is 0 Å². The summed E-state index contributed by atoms with van der Waals surface area (Å²) in [6.07, 6.45) is -0.848. The van der Waals surface area contributed by atoms with Crippen LogP contribution in [-0.2, 0) is 18.6 Å². The predicted molar refractivity (Wildman–Crippen MR) is 86.7 cm³/mol. The molecule has 0 amide bonds. The first kappa shape index (κ1) is 18.7. The normalized spacial score (nSPS) is 36.0. The molecule has 0 saturated carbocycles. The number of morpholine rings is 1. The van der Waals surface area contributed by atoms with E-state index in [4.69, 9.17) is 33.0 Å². The van der Waals surface area contributed by atoms with Gasteiger partial charge in [0.25, 0.3) is 0 Å². The highest BCUT2D eigenvalue weighted by Crippen LogP contribution is 2.54. The average molecular weight is 345 g/mol. The highest BCUT2D eigenvalue weighted by atomic mass is 31.2. The van der Waals surface area contributed by atoms with Crippen molar-refractivity contribution in [3.63, 3.8) is 0 Å². The number of hydrogen-bond donors (Lipinski definition) is 3. The van der Waals surface area contributed by atoms with Crippen LogP contribution in [0.25, 0.3) is 0 Å². The lowest BCUT2D eigenvalue weighted by atomic mass is 9.90. The molecule has 0 aromatic carbocycles. The summed E-state index contributed by atoms with van der Waals surface area (Å²) in [5, 5.41) is 7.71. The summed E-state index contributed by atoms with van der Waals surface area (Å²) in [5.41, 5.74) is 4.03. The van der Waals surface area contributed by atoms with E-state index in [1.165, 1.54) is 0 Å². The fraction of sp³-hybridized carbons (Fsp3) is 0.923. The summed E-state index contributed by atoms with van der Waals surface area (Å²) in [4.78, 5) is 11.7. The van der Waals surface area contributed by atoms with Crippen LogP contribution < -0.4 is 5.73 Å². The number of nitrogens with two attached hydrogens (primary N) is 1. The molecule has 2 saturated heterocycles. The Bertz CT molecular complexity index is 520. The van der Waals surface area contributed by atoms with Crippen molar-refractivity contribution in [3.05, 3.63) is 0 Å². The van der Waals surface area contributed by atoms with Crippen molar-refractivity contribution in [1.29, 1.82) is 5.41 Å². The lowest BCUT2D eigenvalue weighted by Gasteiger charge is -2.36. The van der Waals surface area contributed by atoms with Gasteiger partial charge in [0.1, 0.15) is 19.6 Å². The second-order valence-electron chi connectivity index (χ2n) is 6.69. The van der Waals surface area contributed by atoms with Gasteiger partial charge in [-0.2, -0.15) is 0 Å². The minimum atomic E-state index is -3.85. The Morgan fingerprint density at radius 1 is 1.57 bits per heavy atom. The summed E-state index contributed by atoms with van der Waals surface area (Å²) >= 11 is 0. The summed E-state index contributed by atoms with van der Waals surface area (Å²) < 4.78 is 29.4. The van der Waals surface area contributed by atoms with Crippen LogP contribution in [0.5, 0.6) is 0 Å². The van der Waals surface area contributed by atoms with Crippen molar-refractivity contribution < 1.29 is 23.5 Å². The van der Waals surface area contributed by atoms with Crippen LogP contribution in [0.15, 0.2) is 0 Å². The van der Waals surface area contributed by atoms with E-state index < -0.39 is 37.0 Å². The number of hydrogen-bond acceptors (Lipinski definition) is 5. The topological polar surface area (TPSA) is 118 Å². The van der Waals surface area contributed by atoms with Crippen LogP contribution in [0, 0.1) is 5.41 Å². The van der Waals surface area contributed by atoms with Crippen LogP contribution in [0.2, 0.25) is 0 Å². The van der Waals surface area contributed by atoms with E-state index in [9.17, 15) is 9.46 Å². The predicted octanol–water partition coefficient (Wildman–Crippen LogP) is 0.232. The van der Waals surface area contributed by atoms with Gasteiger partial charge < -0.3 is 25.0 Å². The number of nitrogens with zero attached hydrogens (tertiary/aromatic N) is 1. The van der Waals surface area contributed by atoms with Gasteiger partial charge >= 0.3 is 7.60 Å². The van der Waals surface area contributed by atoms with Crippen LogP contribution in [0.4, 0.5) is 0 Å². The third-order valence-corrected chi connectivity index (χ3v) is 6.06. The molecule has 0 aliphatic carbocycles. The molecule has 2 rings (SSSR count). The smallest absolute Gasteiger partial charge is 0.331 e. The standard InChI is InChI=1S/C13H25BN3O5P/c1-7(2)20-6-13-5-17(12(15)16)9(11(14)21-13)10(13)22-23(18,19)8(3)4/h7-11H,5-6H2,1-4H3,(H3,15,16)(H,18,19)/t9-,10?,11+,13+/m0/s1. The Balaban J connectivity index is 2.32. The van der Waals surface area contributed by atoms with Gasteiger partial charge in [0.2, 0.25) is 0 Å². The Hall–Kier alpha value is -0.595. The summed E-state index contributed by atoms with van der Waals surface area (Å²) in [7, 11) is 2.15. The molecule has 2 aliphatic rings. The van der Waals surface area contributed by atoms with Crippen molar-refractivity contribution in [2.75, 3.05) is 13.2 Å². The van der Waals surface area contributed by atoms with Crippen molar-refractivity contribution in [2.24, 2.45) is 5.73 Å². The molecule has 130 valence electrons. The first-order valence-corrected chi connectivity index (χ1v) is 9.31. The van der Waals surface area contributed by atoms with Crippen LogP contribution in [0.1, 0.15) is 27.7 Å². The van der Waals surface area contributed by atoms with E-state index in [0.717, 1.165) is 0 Å². The SMILES string of the molecule is [B][C@@H]1O[C@@]2(COC(C)C)CN(C(=N)N)[C@H]1C2OP(=O)(O)C(C)C. The highest BCUT2D eigenvalue weighted by molar-refractivity contribution is 7.53. The molecule has 0 aromatic rings. The zero-order valence-corrected chi connectivity index (χ0v) is 14.8. The van der Waals surface area contributed by atoms with Crippen LogP contribution in [-0.4, -0.2) is 72.3 Å². The van der Waals surface area contributed by atoms with E-state index in [2.05, 4.69) is 0 Å². The summed E-state index contributed by atoms with van der Waals surface area (Å²) in [6.45, 7) is 7.34. The molecular weight excluding hydrogens is 320 g/mol. The number of fused-ring (bicyclic) bond motifs is 2. The maximum atomic E-state index is 12.3. The number of likely N-dealkylation sites (tertiary alicyclic amines) is 1. The van der Waals surface area contributed by atoms with Gasteiger partial charge in [-0.3, -0.25) is 14.5 Å². The van der Waals surface area contributed by atoms with E-state index in [1.54, 1.807) is 18.7 Å². The fourth-order valence-corrected chi connectivity index (χ4v) is 3.80. The maximum absolute atomic E-state index is 12.3. The molecule has 2 radical (unpaired) electrons. The maximum Gasteiger partial charge on any atom is 0.331 e. The zero-order valence-electron chi connectivity index (χ0n) is 13.9. The number of guanidine groups is 1. The van der Waals surface area contributed by atoms with Gasteiger partial charge in [-0.05, 0) is 13.8 Å². The molecule has 8 nitrogen and oxygen atoms in total.